The first kappa shape index (κ1) is 17.3. The van der Waals surface area contributed by atoms with Crippen molar-refractivity contribution in [3.63, 3.8) is 0 Å². The molecule has 0 aliphatic carbocycles. The van der Waals surface area contributed by atoms with Gasteiger partial charge in [0, 0.05) is 18.8 Å². The number of carbonyl (C=O) groups is 1. The molecule has 2 aliphatic heterocycles. The van der Waals surface area contributed by atoms with Gasteiger partial charge in [-0.3, -0.25) is 9.69 Å². The third-order valence-corrected chi connectivity index (χ3v) is 4.92. The fraction of sp³-hybridized carbons (Fsp3) is 0.450. The molecule has 1 amide bonds. The summed E-state index contributed by atoms with van der Waals surface area (Å²) >= 11 is 0. The molecule has 138 valence electrons. The van der Waals surface area contributed by atoms with E-state index in [4.69, 9.17) is 13.9 Å². The van der Waals surface area contributed by atoms with Crippen LogP contribution in [0.3, 0.4) is 0 Å². The van der Waals surface area contributed by atoms with Crippen molar-refractivity contribution in [3.05, 3.63) is 54.0 Å². The fourth-order valence-corrected chi connectivity index (χ4v) is 3.65. The molecule has 1 spiro atoms. The van der Waals surface area contributed by atoms with Crippen molar-refractivity contribution in [3.8, 4) is 0 Å². The molecule has 2 saturated heterocycles. The molecule has 26 heavy (non-hydrogen) atoms. The van der Waals surface area contributed by atoms with Crippen LogP contribution in [0.5, 0.6) is 0 Å². The monoisotopic (exact) mass is 356 g/mol. The zero-order valence-corrected chi connectivity index (χ0v) is 15.0. The highest BCUT2D eigenvalue weighted by Gasteiger charge is 2.43. The van der Waals surface area contributed by atoms with E-state index in [2.05, 4.69) is 4.90 Å². The molecule has 4 rings (SSSR count). The largest absolute Gasteiger partial charge is 0.465 e. The summed E-state index contributed by atoms with van der Waals surface area (Å²) in [6.45, 7) is 5.86. The second kappa shape index (κ2) is 7.23. The van der Waals surface area contributed by atoms with E-state index in [9.17, 15) is 4.79 Å². The summed E-state index contributed by atoms with van der Waals surface area (Å²) in [5, 5.41) is 0. The zero-order chi connectivity index (χ0) is 18.0. The lowest BCUT2D eigenvalue weighted by Gasteiger charge is -2.43. The van der Waals surface area contributed by atoms with Crippen LogP contribution >= 0.6 is 0 Å². The van der Waals surface area contributed by atoms with Gasteiger partial charge in [0.25, 0.3) is 5.91 Å². The third-order valence-electron chi connectivity index (χ3n) is 4.92. The smallest absolute Gasteiger partial charge is 0.253 e. The van der Waals surface area contributed by atoms with Crippen LogP contribution in [-0.2, 0) is 20.8 Å². The topological polar surface area (TPSA) is 55.2 Å². The second-order valence-corrected chi connectivity index (χ2v) is 7.06. The number of morpholine rings is 1. The maximum Gasteiger partial charge on any atom is 0.253 e. The minimum Gasteiger partial charge on any atom is -0.465 e. The van der Waals surface area contributed by atoms with E-state index in [0.717, 1.165) is 23.8 Å². The van der Waals surface area contributed by atoms with Gasteiger partial charge in [-0.05, 0) is 31.2 Å². The Labute approximate surface area is 153 Å². The first-order chi connectivity index (χ1) is 12.6. The molecule has 1 aromatic carbocycles. The van der Waals surface area contributed by atoms with Gasteiger partial charge in [0.05, 0.1) is 26.3 Å². The summed E-state index contributed by atoms with van der Waals surface area (Å²) in [4.78, 5) is 16.5. The number of hydrogen-bond donors (Lipinski definition) is 0. The van der Waals surface area contributed by atoms with Gasteiger partial charge in [0.2, 0.25) is 0 Å². The summed E-state index contributed by atoms with van der Waals surface area (Å²) in [6, 6.07) is 13.7. The van der Waals surface area contributed by atoms with E-state index in [1.807, 2.05) is 54.3 Å². The van der Waals surface area contributed by atoms with Crippen molar-refractivity contribution >= 4 is 11.6 Å². The summed E-state index contributed by atoms with van der Waals surface area (Å²) in [6.07, 6.45) is 0. The third kappa shape index (κ3) is 3.67. The molecule has 2 aliphatic rings. The van der Waals surface area contributed by atoms with E-state index in [1.165, 1.54) is 0 Å². The van der Waals surface area contributed by atoms with Gasteiger partial charge in [-0.1, -0.05) is 18.2 Å². The van der Waals surface area contributed by atoms with E-state index < -0.39 is 5.60 Å². The van der Waals surface area contributed by atoms with Gasteiger partial charge < -0.3 is 18.8 Å². The van der Waals surface area contributed by atoms with Crippen LogP contribution in [0, 0.1) is 6.92 Å². The van der Waals surface area contributed by atoms with Gasteiger partial charge in [-0.15, -0.1) is 0 Å². The molecular formula is C20H24N2O4. The van der Waals surface area contributed by atoms with Crippen LogP contribution in [0.2, 0.25) is 0 Å². The average Bonchev–Trinajstić information content (AvgIpc) is 2.95. The summed E-state index contributed by atoms with van der Waals surface area (Å²) < 4.78 is 17.6. The Morgan fingerprint density at radius 3 is 2.73 bits per heavy atom. The number of furan rings is 1. The Morgan fingerprint density at radius 2 is 1.96 bits per heavy atom. The van der Waals surface area contributed by atoms with Crippen molar-refractivity contribution < 1.29 is 18.7 Å². The number of carbonyl (C=O) groups excluding carboxylic acids is 1. The lowest BCUT2D eigenvalue weighted by Crippen LogP contribution is -2.60. The highest BCUT2D eigenvalue weighted by Crippen LogP contribution is 2.27. The second-order valence-electron chi connectivity index (χ2n) is 7.06. The average molecular weight is 356 g/mol. The Bertz CT molecular complexity index is 760. The molecule has 6 nitrogen and oxygen atoms in total. The van der Waals surface area contributed by atoms with E-state index in [1.54, 1.807) is 0 Å². The van der Waals surface area contributed by atoms with Crippen molar-refractivity contribution in [2.45, 2.75) is 19.1 Å². The minimum atomic E-state index is -0.526. The standard InChI is InChI=1S/C20H24N2O4/c1-16-7-8-18(26-16)11-21-9-10-24-15-20(13-21)14-22(19(23)12-25-20)17-5-3-2-4-6-17/h2-8H,9-15H2,1H3. The van der Waals surface area contributed by atoms with Crippen LogP contribution in [0.25, 0.3) is 0 Å². The fourth-order valence-electron chi connectivity index (χ4n) is 3.65. The minimum absolute atomic E-state index is 0.0146. The number of benzene rings is 1. The van der Waals surface area contributed by atoms with Crippen LogP contribution in [0.4, 0.5) is 5.69 Å². The molecular weight excluding hydrogens is 332 g/mol. The maximum atomic E-state index is 12.4. The lowest BCUT2D eigenvalue weighted by atomic mass is 10.0. The van der Waals surface area contributed by atoms with Gasteiger partial charge >= 0.3 is 0 Å². The van der Waals surface area contributed by atoms with Crippen LogP contribution in [0.1, 0.15) is 11.5 Å². The SMILES string of the molecule is Cc1ccc(CN2CCOCC3(C2)CN(c2ccccc2)C(=O)CO3)o1. The number of nitrogens with zero attached hydrogens (tertiary/aromatic N) is 2. The Kier molecular flexibility index (Phi) is 4.80. The number of amides is 1. The van der Waals surface area contributed by atoms with Crippen molar-refractivity contribution in [2.75, 3.05) is 44.4 Å². The molecule has 1 atom stereocenters. The summed E-state index contributed by atoms with van der Waals surface area (Å²) in [5.41, 5.74) is 0.375. The van der Waals surface area contributed by atoms with Gasteiger partial charge in [0.15, 0.2) is 0 Å². The first-order valence-electron chi connectivity index (χ1n) is 8.98. The molecule has 0 saturated carbocycles. The molecule has 1 aromatic heterocycles. The normalized spacial score (nSPS) is 24.8. The molecule has 2 aromatic rings. The number of anilines is 1. The van der Waals surface area contributed by atoms with Crippen LogP contribution < -0.4 is 4.90 Å². The van der Waals surface area contributed by atoms with Gasteiger partial charge in [0.1, 0.15) is 23.7 Å². The number of hydrogen-bond acceptors (Lipinski definition) is 5. The molecule has 6 heteroatoms. The van der Waals surface area contributed by atoms with Crippen LogP contribution in [0.15, 0.2) is 46.9 Å². The number of rotatable bonds is 3. The molecule has 0 bridgehead atoms. The molecule has 0 N–H and O–H groups in total. The van der Waals surface area contributed by atoms with Gasteiger partial charge in [-0.25, -0.2) is 0 Å². The van der Waals surface area contributed by atoms with E-state index >= 15 is 0 Å². The number of ether oxygens (including phenoxy) is 2. The van der Waals surface area contributed by atoms with Crippen molar-refractivity contribution in [2.24, 2.45) is 0 Å². The van der Waals surface area contributed by atoms with Crippen molar-refractivity contribution in [1.82, 2.24) is 4.90 Å². The summed E-state index contributed by atoms with van der Waals surface area (Å²) in [5.74, 6) is 1.83. The van der Waals surface area contributed by atoms with Crippen molar-refractivity contribution in [1.29, 1.82) is 0 Å². The van der Waals surface area contributed by atoms with Crippen LogP contribution in [-0.4, -0.2) is 55.9 Å². The Hall–Kier alpha value is -2.15. The Morgan fingerprint density at radius 1 is 1.12 bits per heavy atom. The number of para-hydroxylation sites is 1. The molecule has 0 radical (unpaired) electrons. The highest BCUT2D eigenvalue weighted by molar-refractivity contribution is 5.95. The van der Waals surface area contributed by atoms with E-state index in [0.29, 0.717) is 32.8 Å². The van der Waals surface area contributed by atoms with Gasteiger partial charge in [-0.2, -0.15) is 0 Å². The maximum absolute atomic E-state index is 12.4. The zero-order valence-electron chi connectivity index (χ0n) is 15.0. The lowest BCUT2D eigenvalue weighted by molar-refractivity contribution is -0.146. The molecule has 3 heterocycles. The highest BCUT2D eigenvalue weighted by atomic mass is 16.6. The predicted octanol–water partition coefficient (Wildman–Crippen LogP) is 2.22. The predicted molar refractivity (Wildman–Crippen MR) is 97.0 cm³/mol. The first-order valence-corrected chi connectivity index (χ1v) is 8.98. The van der Waals surface area contributed by atoms with E-state index in [-0.39, 0.29) is 12.5 Å². The summed E-state index contributed by atoms with van der Waals surface area (Å²) in [7, 11) is 0. The number of aryl methyl sites for hydroxylation is 1. The molecule has 1 unspecified atom stereocenters. The molecule has 2 fully saturated rings. The Balaban J connectivity index is 1.52. The quantitative estimate of drug-likeness (QED) is 0.844.